The van der Waals surface area contributed by atoms with Gasteiger partial charge in [-0.05, 0) is 30.7 Å². The second-order valence-corrected chi connectivity index (χ2v) is 7.90. The van der Waals surface area contributed by atoms with Crippen molar-refractivity contribution in [2.45, 2.75) is 31.2 Å². The highest BCUT2D eigenvalue weighted by Crippen LogP contribution is 2.13. The summed E-state index contributed by atoms with van der Waals surface area (Å²) in [5.74, 6) is 0. The summed E-state index contributed by atoms with van der Waals surface area (Å²) >= 11 is 0. The molecule has 0 bridgehead atoms. The molecule has 1 heterocycles. The molecule has 21 heavy (non-hydrogen) atoms. The minimum Gasteiger partial charge on any atom is -0.301 e. The average molecular weight is 310 g/mol. The van der Waals surface area contributed by atoms with Gasteiger partial charge >= 0.3 is 0 Å². The molecule has 1 aromatic rings. The van der Waals surface area contributed by atoms with E-state index in [4.69, 9.17) is 0 Å². The lowest BCUT2D eigenvalue weighted by atomic mass is 10.2. The molecule has 1 fully saturated rings. The maximum Gasteiger partial charge on any atom is 0.175 e. The summed E-state index contributed by atoms with van der Waals surface area (Å²) in [5, 5.41) is 0. The van der Waals surface area contributed by atoms with E-state index in [-0.39, 0.29) is 0 Å². The van der Waals surface area contributed by atoms with Gasteiger partial charge in [0.1, 0.15) is 0 Å². The van der Waals surface area contributed by atoms with Crippen molar-refractivity contribution in [3.05, 3.63) is 29.8 Å². The molecule has 0 spiro atoms. The van der Waals surface area contributed by atoms with E-state index < -0.39 is 9.84 Å². The number of unbranched alkanes of at least 4 members (excludes halogenated alkanes) is 1. The third kappa shape index (κ3) is 5.09. The molecule has 1 aliphatic heterocycles. The highest BCUT2D eigenvalue weighted by molar-refractivity contribution is 7.90. The van der Waals surface area contributed by atoms with E-state index in [9.17, 15) is 8.42 Å². The Hall–Kier alpha value is -0.910. The highest BCUT2D eigenvalue weighted by Gasteiger charge is 2.16. The van der Waals surface area contributed by atoms with Crippen LogP contribution in [0.1, 0.15) is 25.3 Å². The Balaban J connectivity index is 1.83. The van der Waals surface area contributed by atoms with E-state index in [0.29, 0.717) is 4.90 Å². The SMILES string of the molecule is CCCCN1CCN(Cc2ccc(S(C)(=O)=O)cc2)CC1. The third-order valence-corrected chi connectivity index (χ3v) is 5.18. The molecule has 4 nitrogen and oxygen atoms in total. The predicted molar refractivity (Wildman–Crippen MR) is 86.2 cm³/mol. The monoisotopic (exact) mass is 310 g/mol. The van der Waals surface area contributed by atoms with Gasteiger partial charge in [0.2, 0.25) is 0 Å². The molecule has 0 aliphatic carbocycles. The summed E-state index contributed by atoms with van der Waals surface area (Å²) in [5.41, 5.74) is 1.18. The van der Waals surface area contributed by atoms with Crippen molar-refractivity contribution in [2.24, 2.45) is 0 Å². The van der Waals surface area contributed by atoms with E-state index in [0.717, 1.165) is 32.7 Å². The van der Waals surface area contributed by atoms with Crippen molar-refractivity contribution in [1.29, 1.82) is 0 Å². The fourth-order valence-corrected chi connectivity index (χ4v) is 3.28. The van der Waals surface area contributed by atoms with Crippen LogP contribution in [0.4, 0.5) is 0 Å². The Morgan fingerprint density at radius 2 is 1.57 bits per heavy atom. The van der Waals surface area contributed by atoms with Crippen molar-refractivity contribution in [1.82, 2.24) is 9.80 Å². The number of hydrogen-bond acceptors (Lipinski definition) is 4. The fraction of sp³-hybridized carbons (Fsp3) is 0.625. The van der Waals surface area contributed by atoms with Crippen molar-refractivity contribution in [2.75, 3.05) is 39.0 Å². The molecule has 0 aromatic heterocycles. The van der Waals surface area contributed by atoms with E-state index in [1.807, 2.05) is 12.1 Å². The second-order valence-electron chi connectivity index (χ2n) is 5.89. The van der Waals surface area contributed by atoms with Crippen LogP contribution in [0, 0.1) is 0 Å². The van der Waals surface area contributed by atoms with Gasteiger partial charge in [0.25, 0.3) is 0 Å². The first-order valence-electron chi connectivity index (χ1n) is 7.73. The zero-order chi connectivity index (χ0) is 15.3. The normalized spacial score (nSPS) is 18.0. The molecule has 0 radical (unpaired) electrons. The van der Waals surface area contributed by atoms with Crippen LogP contribution in [0.5, 0.6) is 0 Å². The summed E-state index contributed by atoms with van der Waals surface area (Å²) < 4.78 is 22.9. The fourth-order valence-electron chi connectivity index (χ4n) is 2.65. The summed E-state index contributed by atoms with van der Waals surface area (Å²) in [6.07, 6.45) is 3.79. The van der Waals surface area contributed by atoms with Gasteiger partial charge in [-0.15, -0.1) is 0 Å². The first kappa shape index (κ1) is 16.5. The second kappa shape index (κ2) is 7.38. The Morgan fingerprint density at radius 3 is 2.10 bits per heavy atom. The summed E-state index contributed by atoms with van der Waals surface area (Å²) in [6.45, 7) is 8.83. The quantitative estimate of drug-likeness (QED) is 0.806. The van der Waals surface area contributed by atoms with Gasteiger partial charge in [-0.3, -0.25) is 4.90 Å². The van der Waals surface area contributed by atoms with Crippen molar-refractivity contribution in [3.8, 4) is 0 Å². The minimum atomic E-state index is -3.09. The first-order chi connectivity index (χ1) is 9.99. The molecule has 2 rings (SSSR count). The zero-order valence-corrected chi connectivity index (χ0v) is 13.9. The lowest BCUT2D eigenvalue weighted by Crippen LogP contribution is -2.46. The summed E-state index contributed by atoms with van der Waals surface area (Å²) in [6, 6.07) is 7.28. The van der Waals surface area contributed by atoms with Gasteiger partial charge in [0.05, 0.1) is 4.90 Å². The lowest BCUT2D eigenvalue weighted by Gasteiger charge is -2.34. The Kier molecular flexibility index (Phi) is 5.79. The van der Waals surface area contributed by atoms with Crippen LogP contribution in [-0.4, -0.2) is 57.2 Å². The highest BCUT2D eigenvalue weighted by atomic mass is 32.2. The van der Waals surface area contributed by atoms with Crippen LogP contribution in [0.2, 0.25) is 0 Å². The lowest BCUT2D eigenvalue weighted by molar-refractivity contribution is 0.126. The summed E-state index contributed by atoms with van der Waals surface area (Å²) in [7, 11) is -3.09. The van der Waals surface area contributed by atoms with Crippen LogP contribution in [0.15, 0.2) is 29.2 Å². The first-order valence-corrected chi connectivity index (χ1v) is 9.62. The third-order valence-electron chi connectivity index (χ3n) is 4.05. The molecule has 1 aromatic carbocycles. The largest absolute Gasteiger partial charge is 0.301 e. The number of sulfone groups is 1. The molecule has 0 N–H and O–H groups in total. The van der Waals surface area contributed by atoms with Gasteiger partial charge in [0.15, 0.2) is 9.84 Å². The van der Waals surface area contributed by atoms with Crippen LogP contribution in [0.25, 0.3) is 0 Å². The molecular formula is C16H26N2O2S. The smallest absolute Gasteiger partial charge is 0.175 e. The van der Waals surface area contributed by atoms with Crippen LogP contribution < -0.4 is 0 Å². The Morgan fingerprint density at radius 1 is 1.00 bits per heavy atom. The van der Waals surface area contributed by atoms with Crippen molar-refractivity contribution < 1.29 is 8.42 Å². The summed E-state index contributed by atoms with van der Waals surface area (Å²) in [4.78, 5) is 5.38. The average Bonchev–Trinajstić information content (AvgIpc) is 2.46. The number of nitrogens with zero attached hydrogens (tertiary/aromatic N) is 2. The number of benzene rings is 1. The Bertz CT molecular complexity index is 532. The Labute approximate surface area is 128 Å². The van der Waals surface area contributed by atoms with Gasteiger partial charge in [-0.1, -0.05) is 25.5 Å². The molecule has 0 saturated carbocycles. The van der Waals surface area contributed by atoms with Gasteiger partial charge < -0.3 is 4.90 Å². The molecule has 1 saturated heterocycles. The van der Waals surface area contributed by atoms with Crippen molar-refractivity contribution in [3.63, 3.8) is 0 Å². The minimum absolute atomic E-state index is 0.399. The van der Waals surface area contributed by atoms with Gasteiger partial charge in [-0.25, -0.2) is 8.42 Å². The van der Waals surface area contributed by atoms with E-state index in [2.05, 4.69) is 16.7 Å². The maximum atomic E-state index is 11.4. The van der Waals surface area contributed by atoms with Gasteiger partial charge in [0, 0.05) is 39.0 Å². The maximum absolute atomic E-state index is 11.4. The molecule has 1 aliphatic rings. The topological polar surface area (TPSA) is 40.6 Å². The molecule has 5 heteroatoms. The van der Waals surface area contributed by atoms with Crippen molar-refractivity contribution >= 4 is 9.84 Å². The van der Waals surface area contributed by atoms with E-state index >= 15 is 0 Å². The van der Waals surface area contributed by atoms with Crippen LogP contribution >= 0.6 is 0 Å². The number of piperazine rings is 1. The number of rotatable bonds is 6. The van der Waals surface area contributed by atoms with Gasteiger partial charge in [-0.2, -0.15) is 0 Å². The standard InChI is InChI=1S/C16H26N2O2S/c1-3-4-9-17-10-12-18(13-11-17)14-15-5-7-16(8-6-15)21(2,19)20/h5-8H,3-4,9-14H2,1-2H3. The molecular weight excluding hydrogens is 284 g/mol. The molecule has 118 valence electrons. The van der Waals surface area contributed by atoms with Crippen LogP contribution in [0.3, 0.4) is 0 Å². The van der Waals surface area contributed by atoms with E-state index in [1.54, 1.807) is 12.1 Å². The van der Waals surface area contributed by atoms with Crippen LogP contribution in [-0.2, 0) is 16.4 Å². The zero-order valence-electron chi connectivity index (χ0n) is 13.1. The molecule has 0 unspecified atom stereocenters. The molecule has 0 atom stereocenters. The predicted octanol–water partition coefficient (Wildman–Crippen LogP) is 2.01. The molecule has 0 amide bonds. The van der Waals surface area contributed by atoms with E-state index in [1.165, 1.54) is 31.2 Å². The number of hydrogen-bond donors (Lipinski definition) is 0.